The van der Waals surface area contributed by atoms with Crippen LogP contribution in [0.5, 0.6) is 5.75 Å². The highest BCUT2D eigenvalue weighted by molar-refractivity contribution is 5.96. The normalized spacial score (nSPS) is 22.9. The molecule has 0 spiro atoms. The van der Waals surface area contributed by atoms with E-state index < -0.39 is 0 Å². The number of fused-ring (bicyclic) bond motifs is 1. The van der Waals surface area contributed by atoms with Crippen molar-refractivity contribution in [2.24, 2.45) is 5.92 Å². The van der Waals surface area contributed by atoms with Crippen molar-refractivity contribution in [3.8, 4) is 5.75 Å². The van der Waals surface area contributed by atoms with Gasteiger partial charge in [0.05, 0.1) is 0 Å². The lowest BCUT2D eigenvalue weighted by molar-refractivity contribution is 0.104. The van der Waals surface area contributed by atoms with E-state index in [4.69, 9.17) is 10.5 Å². The van der Waals surface area contributed by atoms with Crippen molar-refractivity contribution >= 4 is 16.5 Å². The van der Waals surface area contributed by atoms with E-state index in [0.29, 0.717) is 12.0 Å². The Balaban J connectivity index is 1.98. The van der Waals surface area contributed by atoms with E-state index in [1.54, 1.807) is 0 Å². The van der Waals surface area contributed by atoms with Crippen LogP contribution in [-0.2, 0) is 0 Å². The fourth-order valence-corrected chi connectivity index (χ4v) is 3.06. The number of hydrogen-bond acceptors (Lipinski definition) is 3. The maximum Gasteiger partial charge on any atom is 0.127 e. The van der Waals surface area contributed by atoms with Gasteiger partial charge in [0.15, 0.2) is 0 Å². The molecule has 2 atom stereocenters. The molecular formula is C17H22N2O. The Morgan fingerprint density at radius 1 is 1.20 bits per heavy atom. The number of nitrogens with zero attached hydrogens (tertiary/aromatic N) is 1. The van der Waals surface area contributed by atoms with Gasteiger partial charge in [-0.1, -0.05) is 13.3 Å². The van der Waals surface area contributed by atoms with Crippen LogP contribution in [0.4, 0.5) is 5.69 Å². The van der Waals surface area contributed by atoms with Crippen LogP contribution in [0.2, 0.25) is 0 Å². The highest BCUT2D eigenvalue weighted by Gasteiger charge is 2.23. The molecule has 1 aromatic heterocycles. The lowest BCUT2D eigenvalue weighted by Gasteiger charge is -2.29. The molecule has 1 fully saturated rings. The van der Waals surface area contributed by atoms with Crippen LogP contribution < -0.4 is 10.5 Å². The highest BCUT2D eigenvalue weighted by atomic mass is 16.5. The number of benzene rings is 1. The lowest BCUT2D eigenvalue weighted by Crippen LogP contribution is -2.28. The molecule has 1 heterocycles. The molecule has 2 aromatic rings. The molecule has 1 saturated carbocycles. The molecule has 20 heavy (non-hydrogen) atoms. The van der Waals surface area contributed by atoms with Crippen molar-refractivity contribution in [2.45, 2.75) is 45.6 Å². The second-order valence-corrected chi connectivity index (χ2v) is 5.94. The van der Waals surface area contributed by atoms with Gasteiger partial charge in [-0.15, -0.1) is 0 Å². The zero-order valence-corrected chi connectivity index (χ0v) is 12.2. The van der Waals surface area contributed by atoms with Gasteiger partial charge >= 0.3 is 0 Å². The van der Waals surface area contributed by atoms with E-state index in [9.17, 15) is 0 Å². The number of aromatic nitrogens is 1. The molecule has 1 aliphatic rings. The largest absolute Gasteiger partial charge is 0.490 e. The molecule has 3 heteroatoms. The van der Waals surface area contributed by atoms with E-state index in [-0.39, 0.29) is 0 Å². The Labute approximate surface area is 120 Å². The average Bonchev–Trinajstić information content (AvgIpc) is 2.44. The summed E-state index contributed by atoms with van der Waals surface area (Å²) in [6.45, 7) is 4.28. The summed E-state index contributed by atoms with van der Waals surface area (Å²) in [4.78, 5) is 4.34. The van der Waals surface area contributed by atoms with Gasteiger partial charge in [-0.2, -0.15) is 0 Å². The molecule has 2 N–H and O–H groups in total. The Hall–Kier alpha value is -1.77. The molecule has 0 amide bonds. The average molecular weight is 270 g/mol. The minimum Gasteiger partial charge on any atom is -0.490 e. The zero-order valence-electron chi connectivity index (χ0n) is 12.2. The number of nitrogens with two attached hydrogens (primary N) is 1. The van der Waals surface area contributed by atoms with Crippen molar-refractivity contribution in [1.82, 2.24) is 4.98 Å². The van der Waals surface area contributed by atoms with Crippen molar-refractivity contribution in [1.29, 1.82) is 0 Å². The van der Waals surface area contributed by atoms with E-state index in [0.717, 1.165) is 34.3 Å². The molecule has 0 bridgehead atoms. The monoisotopic (exact) mass is 270 g/mol. The Kier molecular flexibility index (Phi) is 3.51. The molecule has 106 valence electrons. The Morgan fingerprint density at radius 2 is 2.00 bits per heavy atom. The number of aryl methyl sites for hydroxylation is 1. The number of rotatable bonds is 2. The third-order valence-corrected chi connectivity index (χ3v) is 4.34. The Morgan fingerprint density at radius 3 is 2.80 bits per heavy atom. The minimum atomic E-state index is 0.323. The first kappa shape index (κ1) is 13.2. The maximum absolute atomic E-state index is 6.31. The van der Waals surface area contributed by atoms with Gasteiger partial charge in [0.25, 0.3) is 0 Å². The van der Waals surface area contributed by atoms with Gasteiger partial charge in [0, 0.05) is 28.4 Å². The van der Waals surface area contributed by atoms with Gasteiger partial charge in [0.2, 0.25) is 0 Å². The Bertz CT molecular complexity index is 624. The zero-order chi connectivity index (χ0) is 14.1. The van der Waals surface area contributed by atoms with Gasteiger partial charge in [0.1, 0.15) is 11.9 Å². The molecule has 2 unspecified atom stereocenters. The van der Waals surface area contributed by atoms with Gasteiger partial charge in [-0.25, -0.2) is 0 Å². The fourth-order valence-electron chi connectivity index (χ4n) is 3.06. The number of hydrogen-bond donors (Lipinski definition) is 1. The van der Waals surface area contributed by atoms with E-state index in [1.165, 1.54) is 19.3 Å². The maximum atomic E-state index is 6.31. The quantitative estimate of drug-likeness (QED) is 0.836. The molecular weight excluding hydrogens is 248 g/mol. The van der Waals surface area contributed by atoms with E-state index in [1.807, 2.05) is 25.3 Å². The highest BCUT2D eigenvalue weighted by Crippen LogP contribution is 2.34. The molecule has 0 aliphatic heterocycles. The first-order valence-electron chi connectivity index (χ1n) is 7.46. The van der Waals surface area contributed by atoms with Crippen molar-refractivity contribution in [2.75, 3.05) is 5.73 Å². The molecule has 0 radical (unpaired) electrons. The standard InChI is InChI=1S/C17H22N2O/c1-11-5-3-4-6-16(11)20-17-8-7-15(18)14-10-19-12(2)9-13(14)17/h7-11,16H,3-6,18H2,1-2H3. The van der Waals surface area contributed by atoms with Gasteiger partial charge < -0.3 is 10.5 Å². The van der Waals surface area contributed by atoms with E-state index in [2.05, 4.69) is 18.0 Å². The predicted molar refractivity (Wildman–Crippen MR) is 82.9 cm³/mol. The minimum absolute atomic E-state index is 0.323. The van der Waals surface area contributed by atoms with Crippen LogP contribution >= 0.6 is 0 Å². The molecule has 1 aliphatic carbocycles. The van der Waals surface area contributed by atoms with Gasteiger partial charge in [-0.05, 0) is 50.3 Å². The second-order valence-electron chi connectivity index (χ2n) is 5.94. The van der Waals surface area contributed by atoms with Crippen molar-refractivity contribution in [3.63, 3.8) is 0 Å². The molecule has 1 aromatic carbocycles. The van der Waals surface area contributed by atoms with Crippen LogP contribution in [0.15, 0.2) is 24.4 Å². The van der Waals surface area contributed by atoms with Crippen LogP contribution in [0, 0.1) is 12.8 Å². The topological polar surface area (TPSA) is 48.1 Å². The van der Waals surface area contributed by atoms with Crippen molar-refractivity contribution in [3.05, 3.63) is 30.1 Å². The molecule has 0 saturated heterocycles. The summed E-state index contributed by atoms with van der Waals surface area (Å²) in [6.07, 6.45) is 7.17. The molecule has 3 rings (SSSR count). The fraction of sp³-hybridized carbons (Fsp3) is 0.471. The van der Waals surface area contributed by atoms with Crippen molar-refractivity contribution < 1.29 is 4.74 Å². The second kappa shape index (κ2) is 5.31. The lowest BCUT2D eigenvalue weighted by atomic mass is 9.88. The summed E-state index contributed by atoms with van der Waals surface area (Å²) in [5.74, 6) is 1.57. The van der Waals surface area contributed by atoms with Crippen LogP contribution in [0.3, 0.4) is 0 Å². The van der Waals surface area contributed by atoms with Gasteiger partial charge in [-0.3, -0.25) is 4.98 Å². The number of ether oxygens (including phenoxy) is 1. The van der Waals surface area contributed by atoms with Crippen LogP contribution in [0.25, 0.3) is 10.8 Å². The first-order chi connectivity index (χ1) is 9.65. The smallest absolute Gasteiger partial charge is 0.127 e. The summed E-state index contributed by atoms with van der Waals surface area (Å²) >= 11 is 0. The number of nitrogen functional groups attached to an aromatic ring is 1. The predicted octanol–water partition coefficient (Wildman–Crippen LogP) is 4.08. The summed E-state index contributed by atoms with van der Waals surface area (Å²) in [5, 5.41) is 2.06. The SMILES string of the molecule is Cc1cc2c(OC3CCCCC3C)ccc(N)c2cn1. The summed E-state index contributed by atoms with van der Waals surface area (Å²) in [6, 6.07) is 5.98. The number of pyridine rings is 1. The summed E-state index contributed by atoms with van der Waals surface area (Å²) in [5.41, 5.74) is 7.79. The van der Waals surface area contributed by atoms with Crippen LogP contribution in [-0.4, -0.2) is 11.1 Å². The first-order valence-corrected chi connectivity index (χ1v) is 7.46. The summed E-state index contributed by atoms with van der Waals surface area (Å²) in [7, 11) is 0. The van der Waals surface area contributed by atoms with E-state index >= 15 is 0 Å². The molecule has 3 nitrogen and oxygen atoms in total. The third-order valence-electron chi connectivity index (χ3n) is 4.34. The van der Waals surface area contributed by atoms with Crippen LogP contribution in [0.1, 0.15) is 38.3 Å². The number of anilines is 1. The summed E-state index contributed by atoms with van der Waals surface area (Å²) < 4.78 is 6.31. The third kappa shape index (κ3) is 2.45.